The van der Waals surface area contributed by atoms with E-state index in [-0.39, 0.29) is 15.6 Å². The van der Waals surface area contributed by atoms with Crippen LogP contribution in [0.15, 0.2) is 42.5 Å². The monoisotopic (exact) mass is 435 g/mol. The molecule has 3 rings (SSSR count). The highest BCUT2D eigenvalue weighted by atomic mass is 35.5. The first-order valence-electron chi connectivity index (χ1n) is 9.46. The van der Waals surface area contributed by atoms with Crippen LogP contribution in [0.25, 0.3) is 0 Å². The molecule has 1 N–H and O–H groups in total. The van der Waals surface area contributed by atoms with E-state index < -0.39 is 18.5 Å². The molecule has 6 nitrogen and oxygen atoms in total. The molecule has 0 unspecified atom stereocenters. The summed E-state index contributed by atoms with van der Waals surface area (Å²) in [5.74, 6) is -1.18. The maximum Gasteiger partial charge on any atom is 0.341 e. The average molecular weight is 436 g/mol. The van der Waals surface area contributed by atoms with E-state index in [1.54, 1.807) is 6.07 Å². The highest BCUT2D eigenvalue weighted by Crippen LogP contribution is 2.25. The number of carbonyl (C=O) groups is 2. The first kappa shape index (κ1) is 21.4. The van der Waals surface area contributed by atoms with Crippen LogP contribution >= 0.6 is 23.2 Å². The molecule has 0 radical (unpaired) electrons. The number of amides is 1. The molecule has 0 aromatic heterocycles. The van der Waals surface area contributed by atoms with E-state index in [2.05, 4.69) is 22.0 Å². The standard InChI is InChI=1S/C21H23Cl2N3O3/c1-2-25-10-12-26(13-11-25)16-8-6-15(7-9-16)24-19(27)14-29-21(28)20-17(22)4-3-5-18(20)23/h3-9H,2,10-14H2,1H3,(H,24,27). The third-order valence-electron chi connectivity index (χ3n) is 4.84. The molecular weight excluding hydrogens is 413 g/mol. The highest BCUT2D eigenvalue weighted by molar-refractivity contribution is 6.39. The fraction of sp³-hybridized carbons (Fsp3) is 0.333. The van der Waals surface area contributed by atoms with Gasteiger partial charge in [0, 0.05) is 37.6 Å². The molecule has 2 aromatic rings. The van der Waals surface area contributed by atoms with Gasteiger partial charge in [0.1, 0.15) is 0 Å². The van der Waals surface area contributed by atoms with Crippen LogP contribution in [0.3, 0.4) is 0 Å². The summed E-state index contributed by atoms with van der Waals surface area (Å²) in [5, 5.41) is 3.07. The Labute approximate surface area is 180 Å². The third kappa shape index (κ3) is 5.63. The average Bonchev–Trinajstić information content (AvgIpc) is 2.73. The predicted molar refractivity (Wildman–Crippen MR) is 116 cm³/mol. The van der Waals surface area contributed by atoms with Gasteiger partial charge in [0.25, 0.3) is 5.91 Å². The van der Waals surface area contributed by atoms with Gasteiger partial charge in [-0.3, -0.25) is 4.79 Å². The molecule has 0 spiro atoms. The van der Waals surface area contributed by atoms with Gasteiger partial charge >= 0.3 is 5.97 Å². The van der Waals surface area contributed by atoms with Crippen molar-refractivity contribution in [2.24, 2.45) is 0 Å². The Bertz CT molecular complexity index is 846. The SMILES string of the molecule is CCN1CCN(c2ccc(NC(=O)COC(=O)c3c(Cl)cccc3Cl)cc2)CC1. The molecule has 1 aliphatic heterocycles. The number of nitrogens with zero attached hydrogens (tertiary/aromatic N) is 2. The Morgan fingerprint density at radius 2 is 1.62 bits per heavy atom. The van der Waals surface area contributed by atoms with Crippen molar-refractivity contribution < 1.29 is 14.3 Å². The van der Waals surface area contributed by atoms with Gasteiger partial charge in [0.2, 0.25) is 0 Å². The Balaban J connectivity index is 1.50. The zero-order chi connectivity index (χ0) is 20.8. The largest absolute Gasteiger partial charge is 0.452 e. The number of rotatable bonds is 6. The Hall–Kier alpha value is -2.28. The molecule has 2 aromatic carbocycles. The Kier molecular flexibility index (Phi) is 7.36. The van der Waals surface area contributed by atoms with E-state index in [1.807, 2.05) is 24.3 Å². The first-order valence-corrected chi connectivity index (χ1v) is 10.2. The number of benzene rings is 2. The number of ether oxygens (including phenoxy) is 1. The molecule has 29 heavy (non-hydrogen) atoms. The van der Waals surface area contributed by atoms with E-state index in [1.165, 1.54) is 12.1 Å². The summed E-state index contributed by atoms with van der Waals surface area (Å²) in [4.78, 5) is 29.0. The highest BCUT2D eigenvalue weighted by Gasteiger charge is 2.18. The van der Waals surface area contributed by atoms with Crippen LogP contribution in [-0.2, 0) is 9.53 Å². The molecule has 0 aliphatic carbocycles. The lowest BCUT2D eigenvalue weighted by molar-refractivity contribution is -0.119. The van der Waals surface area contributed by atoms with Crippen molar-refractivity contribution in [3.8, 4) is 0 Å². The van der Waals surface area contributed by atoms with Crippen LogP contribution in [0.5, 0.6) is 0 Å². The summed E-state index contributed by atoms with van der Waals surface area (Å²) in [6.45, 7) is 6.90. The number of esters is 1. The molecule has 1 aliphatic rings. The lowest BCUT2D eigenvalue weighted by Crippen LogP contribution is -2.46. The van der Waals surface area contributed by atoms with Crippen molar-refractivity contribution >= 4 is 46.5 Å². The molecule has 154 valence electrons. The minimum Gasteiger partial charge on any atom is -0.452 e. The molecular formula is C21H23Cl2N3O3. The normalized spacial score (nSPS) is 14.5. The van der Waals surface area contributed by atoms with Crippen molar-refractivity contribution in [1.82, 2.24) is 4.90 Å². The van der Waals surface area contributed by atoms with Crippen LogP contribution in [0.1, 0.15) is 17.3 Å². The summed E-state index contributed by atoms with van der Waals surface area (Å²) in [6, 6.07) is 12.3. The predicted octanol–water partition coefficient (Wildman–Crippen LogP) is 3.93. The second-order valence-corrected chi connectivity index (χ2v) is 7.50. The van der Waals surface area contributed by atoms with Gasteiger partial charge in [-0.15, -0.1) is 0 Å². The van der Waals surface area contributed by atoms with E-state index in [9.17, 15) is 9.59 Å². The third-order valence-corrected chi connectivity index (χ3v) is 5.47. The molecule has 1 amide bonds. The van der Waals surface area contributed by atoms with Gasteiger partial charge in [-0.2, -0.15) is 0 Å². The van der Waals surface area contributed by atoms with Gasteiger partial charge in [-0.25, -0.2) is 4.79 Å². The number of hydrogen-bond donors (Lipinski definition) is 1. The molecule has 1 heterocycles. The summed E-state index contributed by atoms with van der Waals surface area (Å²) in [6.07, 6.45) is 0. The zero-order valence-corrected chi connectivity index (χ0v) is 17.7. The zero-order valence-electron chi connectivity index (χ0n) is 16.2. The number of piperazine rings is 1. The van der Waals surface area contributed by atoms with E-state index in [0.717, 1.165) is 38.4 Å². The summed E-state index contributed by atoms with van der Waals surface area (Å²) >= 11 is 11.9. The minimum absolute atomic E-state index is 0.0520. The summed E-state index contributed by atoms with van der Waals surface area (Å²) < 4.78 is 5.03. The van der Waals surface area contributed by atoms with Gasteiger partial charge < -0.3 is 19.9 Å². The van der Waals surface area contributed by atoms with Crippen LogP contribution in [0.2, 0.25) is 10.0 Å². The number of anilines is 2. The van der Waals surface area contributed by atoms with Gasteiger partial charge in [0.15, 0.2) is 6.61 Å². The molecule has 0 atom stereocenters. The van der Waals surface area contributed by atoms with Crippen LogP contribution in [0.4, 0.5) is 11.4 Å². The molecule has 1 saturated heterocycles. The van der Waals surface area contributed by atoms with Crippen LogP contribution < -0.4 is 10.2 Å². The van der Waals surface area contributed by atoms with Gasteiger partial charge in [0.05, 0.1) is 15.6 Å². The number of likely N-dealkylation sites (N-methyl/N-ethyl adjacent to an activating group) is 1. The van der Waals surface area contributed by atoms with Crippen molar-refractivity contribution in [1.29, 1.82) is 0 Å². The molecule has 0 saturated carbocycles. The second kappa shape index (κ2) is 9.96. The van der Waals surface area contributed by atoms with E-state index >= 15 is 0 Å². The lowest BCUT2D eigenvalue weighted by Gasteiger charge is -2.35. The minimum atomic E-state index is -0.739. The molecule has 1 fully saturated rings. The van der Waals surface area contributed by atoms with Crippen LogP contribution in [-0.4, -0.2) is 56.1 Å². The number of nitrogens with one attached hydrogen (secondary N) is 1. The van der Waals surface area contributed by atoms with Crippen molar-refractivity contribution in [3.05, 3.63) is 58.1 Å². The van der Waals surface area contributed by atoms with Gasteiger partial charge in [-0.1, -0.05) is 36.2 Å². The number of carbonyl (C=O) groups excluding carboxylic acids is 2. The van der Waals surface area contributed by atoms with E-state index in [4.69, 9.17) is 27.9 Å². The van der Waals surface area contributed by atoms with Gasteiger partial charge in [-0.05, 0) is 42.9 Å². The van der Waals surface area contributed by atoms with Crippen molar-refractivity contribution in [2.75, 3.05) is 49.5 Å². The van der Waals surface area contributed by atoms with E-state index in [0.29, 0.717) is 5.69 Å². The Morgan fingerprint density at radius 1 is 1.00 bits per heavy atom. The number of halogens is 2. The van der Waals surface area contributed by atoms with Crippen molar-refractivity contribution in [3.63, 3.8) is 0 Å². The van der Waals surface area contributed by atoms with Crippen molar-refractivity contribution in [2.45, 2.75) is 6.92 Å². The topological polar surface area (TPSA) is 61.9 Å². The smallest absolute Gasteiger partial charge is 0.341 e. The number of hydrogen-bond acceptors (Lipinski definition) is 5. The van der Waals surface area contributed by atoms with Crippen LogP contribution in [0, 0.1) is 0 Å². The second-order valence-electron chi connectivity index (χ2n) is 6.69. The first-order chi connectivity index (χ1) is 14.0. The Morgan fingerprint density at radius 3 is 2.21 bits per heavy atom. The summed E-state index contributed by atoms with van der Waals surface area (Å²) in [7, 11) is 0. The molecule has 0 bridgehead atoms. The summed E-state index contributed by atoms with van der Waals surface area (Å²) in [5.41, 5.74) is 1.81. The molecule has 8 heteroatoms. The lowest BCUT2D eigenvalue weighted by atomic mass is 10.2. The quantitative estimate of drug-likeness (QED) is 0.696. The fourth-order valence-corrected chi connectivity index (χ4v) is 3.72. The maximum absolute atomic E-state index is 12.1. The maximum atomic E-state index is 12.1. The fourth-order valence-electron chi connectivity index (χ4n) is 3.17.